The molecule has 0 aliphatic heterocycles. The summed E-state index contributed by atoms with van der Waals surface area (Å²) in [4.78, 5) is 10.7. The van der Waals surface area contributed by atoms with Crippen LogP contribution >= 0.6 is 15.9 Å². The zero-order valence-corrected chi connectivity index (χ0v) is 11.6. The standard InChI is InChI=1S/C13H15BrN2O2/c14-10-3-4-11(12(7-10)16(17)18)15-8-13(5-6-13)9-1-2-9/h3-4,7,9,15H,1-2,5-6,8H2. The molecule has 96 valence electrons. The van der Waals surface area contributed by atoms with Crippen LogP contribution < -0.4 is 5.32 Å². The van der Waals surface area contributed by atoms with Crippen molar-refractivity contribution in [1.82, 2.24) is 0 Å². The molecule has 5 heteroatoms. The molecule has 1 N–H and O–H groups in total. The maximum Gasteiger partial charge on any atom is 0.293 e. The van der Waals surface area contributed by atoms with Gasteiger partial charge in [-0.1, -0.05) is 15.9 Å². The van der Waals surface area contributed by atoms with Crippen molar-refractivity contribution >= 4 is 27.3 Å². The second kappa shape index (κ2) is 4.23. The zero-order valence-electron chi connectivity index (χ0n) is 9.99. The molecular weight excluding hydrogens is 296 g/mol. The Bertz CT molecular complexity index is 496. The highest BCUT2D eigenvalue weighted by Crippen LogP contribution is 2.61. The molecule has 2 aliphatic rings. The Morgan fingerprint density at radius 3 is 2.72 bits per heavy atom. The van der Waals surface area contributed by atoms with E-state index in [1.165, 1.54) is 25.7 Å². The van der Waals surface area contributed by atoms with E-state index in [0.29, 0.717) is 11.1 Å². The zero-order chi connectivity index (χ0) is 12.8. The van der Waals surface area contributed by atoms with Crippen LogP contribution in [0.2, 0.25) is 0 Å². The maximum atomic E-state index is 11.0. The van der Waals surface area contributed by atoms with E-state index in [1.807, 2.05) is 6.07 Å². The second-order valence-corrected chi connectivity index (χ2v) is 6.32. The van der Waals surface area contributed by atoms with E-state index >= 15 is 0 Å². The van der Waals surface area contributed by atoms with E-state index in [2.05, 4.69) is 21.2 Å². The smallest absolute Gasteiger partial charge is 0.293 e. The van der Waals surface area contributed by atoms with Crippen LogP contribution in [0.15, 0.2) is 22.7 Å². The number of rotatable bonds is 5. The summed E-state index contributed by atoms with van der Waals surface area (Å²) in [6, 6.07) is 5.18. The largest absolute Gasteiger partial charge is 0.379 e. The second-order valence-electron chi connectivity index (χ2n) is 5.41. The molecule has 2 saturated carbocycles. The summed E-state index contributed by atoms with van der Waals surface area (Å²) in [5.41, 5.74) is 1.23. The quantitative estimate of drug-likeness (QED) is 0.661. The molecule has 3 rings (SSSR count). The van der Waals surface area contributed by atoms with Crippen molar-refractivity contribution in [3.63, 3.8) is 0 Å². The topological polar surface area (TPSA) is 55.2 Å². The molecular formula is C13H15BrN2O2. The Morgan fingerprint density at radius 2 is 2.17 bits per heavy atom. The predicted molar refractivity (Wildman–Crippen MR) is 73.7 cm³/mol. The number of halogens is 1. The number of hydrogen-bond acceptors (Lipinski definition) is 3. The molecule has 4 nitrogen and oxygen atoms in total. The fourth-order valence-electron chi connectivity index (χ4n) is 2.66. The fourth-order valence-corrected chi connectivity index (χ4v) is 3.01. The maximum absolute atomic E-state index is 11.0. The van der Waals surface area contributed by atoms with Crippen LogP contribution in [0, 0.1) is 21.4 Å². The Balaban J connectivity index is 1.74. The fraction of sp³-hybridized carbons (Fsp3) is 0.538. The van der Waals surface area contributed by atoms with Crippen LogP contribution in [0.1, 0.15) is 25.7 Å². The van der Waals surface area contributed by atoms with Crippen molar-refractivity contribution in [3.8, 4) is 0 Å². The van der Waals surface area contributed by atoms with E-state index in [4.69, 9.17) is 0 Å². The first-order valence-electron chi connectivity index (χ1n) is 6.29. The highest BCUT2D eigenvalue weighted by Gasteiger charge is 2.53. The first kappa shape index (κ1) is 12.0. The molecule has 2 aliphatic carbocycles. The number of benzene rings is 1. The number of nitrogens with zero attached hydrogens (tertiary/aromatic N) is 1. The van der Waals surface area contributed by atoms with Gasteiger partial charge in [0.1, 0.15) is 5.69 Å². The van der Waals surface area contributed by atoms with Crippen molar-refractivity contribution in [3.05, 3.63) is 32.8 Å². The predicted octanol–water partition coefficient (Wildman–Crippen LogP) is 3.96. The summed E-state index contributed by atoms with van der Waals surface area (Å²) in [7, 11) is 0. The van der Waals surface area contributed by atoms with E-state index in [9.17, 15) is 10.1 Å². The number of nitrogens with one attached hydrogen (secondary N) is 1. The van der Waals surface area contributed by atoms with Gasteiger partial charge in [0.05, 0.1) is 4.92 Å². The normalized spacial score (nSPS) is 20.5. The summed E-state index contributed by atoms with van der Waals surface area (Å²) < 4.78 is 0.739. The van der Waals surface area contributed by atoms with Gasteiger partial charge in [-0.15, -0.1) is 0 Å². The molecule has 0 aromatic heterocycles. The van der Waals surface area contributed by atoms with Gasteiger partial charge >= 0.3 is 0 Å². The molecule has 0 heterocycles. The van der Waals surface area contributed by atoms with Gasteiger partial charge in [-0.2, -0.15) is 0 Å². The minimum absolute atomic E-state index is 0.149. The summed E-state index contributed by atoms with van der Waals surface area (Å²) in [5.74, 6) is 0.861. The lowest BCUT2D eigenvalue weighted by Gasteiger charge is -2.16. The number of hydrogen-bond donors (Lipinski definition) is 1. The summed E-state index contributed by atoms with van der Waals surface area (Å²) in [5, 5.41) is 14.3. The van der Waals surface area contributed by atoms with E-state index < -0.39 is 0 Å². The van der Waals surface area contributed by atoms with Gasteiger partial charge in [0.25, 0.3) is 5.69 Å². The van der Waals surface area contributed by atoms with Gasteiger partial charge in [-0.3, -0.25) is 10.1 Å². The Kier molecular flexibility index (Phi) is 2.81. The molecule has 1 aromatic carbocycles. The van der Waals surface area contributed by atoms with Crippen LogP contribution in [0.4, 0.5) is 11.4 Å². The Labute approximate surface area is 114 Å². The van der Waals surface area contributed by atoms with Gasteiger partial charge in [0, 0.05) is 17.1 Å². The number of nitro groups is 1. The average molecular weight is 311 g/mol. The van der Waals surface area contributed by atoms with Gasteiger partial charge in [-0.05, 0) is 49.1 Å². The molecule has 0 bridgehead atoms. The van der Waals surface area contributed by atoms with E-state index in [0.717, 1.165) is 16.9 Å². The van der Waals surface area contributed by atoms with Crippen molar-refractivity contribution in [2.45, 2.75) is 25.7 Å². The third-order valence-corrected chi connectivity index (χ3v) is 4.62. The Hall–Kier alpha value is -1.10. The van der Waals surface area contributed by atoms with Crippen molar-refractivity contribution in [1.29, 1.82) is 0 Å². The Morgan fingerprint density at radius 1 is 1.44 bits per heavy atom. The van der Waals surface area contributed by atoms with Crippen LogP contribution in [0.25, 0.3) is 0 Å². The highest BCUT2D eigenvalue weighted by atomic mass is 79.9. The lowest BCUT2D eigenvalue weighted by Crippen LogP contribution is -2.17. The summed E-state index contributed by atoms with van der Waals surface area (Å²) in [6.45, 7) is 0.875. The van der Waals surface area contributed by atoms with Crippen LogP contribution in [-0.4, -0.2) is 11.5 Å². The molecule has 18 heavy (non-hydrogen) atoms. The van der Waals surface area contributed by atoms with Crippen molar-refractivity contribution in [2.24, 2.45) is 11.3 Å². The molecule has 0 saturated heterocycles. The molecule has 0 unspecified atom stereocenters. The molecule has 0 radical (unpaired) electrons. The molecule has 0 atom stereocenters. The minimum Gasteiger partial charge on any atom is -0.379 e. The van der Waals surface area contributed by atoms with Gasteiger partial charge < -0.3 is 5.32 Å². The third kappa shape index (κ3) is 2.23. The molecule has 2 fully saturated rings. The summed E-state index contributed by atoms with van der Waals surface area (Å²) >= 11 is 3.27. The van der Waals surface area contributed by atoms with Crippen LogP contribution in [0.5, 0.6) is 0 Å². The van der Waals surface area contributed by atoms with Gasteiger partial charge in [0.2, 0.25) is 0 Å². The molecule has 0 spiro atoms. The number of anilines is 1. The molecule has 0 amide bonds. The van der Waals surface area contributed by atoms with Gasteiger partial charge in [0.15, 0.2) is 0 Å². The van der Waals surface area contributed by atoms with Gasteiger partial charge in [-0.25, -0.2) is 0 Å². The minimum atomic E-state index is -0.330. The number of nitro benzene ring substituents is 1. The van der Waals surface area contributed by atoms with E-state index in [-0.39, 0.29) is 10.6 Å². The third-order valence-electron chi connectivity index (χ3n) is 4.12. The first-order valence-corrected chi connectivity index (χ1v) is 7.08. The van der Waals surface area contributed by atoms with Crippen LogP contribution in [-0.2, 0) is 0 Å². The van der Waals surface area contributed by atoms with Crippen molar-refractivity contribution in [2.75, 3.05) is 11.9 Å². The molecule has 1 aromatic rings. The van der Waals surface area contributed by atoms with Crippen molar-refractivity contribution < 1.29 is 4.92 Å². The SMILES string of the molecule is O=[N+]([O-])c1cc(Br)ccc1NCC1(C2CC2)CC1. The lowest BCUT2D eigenvalue weighted by molar-refractivity contribution is -0.384. The van der Waals surface area contributed by atoms with E-state index in [1.54, 1.807) is 12.1 Å². The van der Waals surface area contributed by atoms with Crippen LogP contribution in [0.3, 0.4) is 0 Å². The average Bonchev–Trinajstić information content (AvgIpc) is 3.19. The monoisotopic (exact) mass is 310 g/mol. The highest BCUT2D eigenvalue weighted by molar-refractivity contribution is 9.10. The lowest BCUT2D eigenvalue weighted by atomic mass is 10.0. The first-order chi connectivity index (χ1) is 8.61. The summed E-state index contributed by atoms with van der Waals surface area (Å²) in [6.07, 6.45) is 5.22.